The molecule has 4 nitrogen and oxygen atoms in total. The van der Waals surface area contributed by atoms with Crippen LogP contribution in [0.4, 0.5) is 0 Å². The van der Waals surface area contributed by atoms with E-state index < -0.39 is 8.32 Å². The number of nitrogens with one attached hydrogen (secondary N) is 1. The number of rotatable bonds is 6. The van der Waals surface area contributed by atoms with Crippen LogP contribution in [0.5, 0.6) is 0 Å². The summed E-state index contributed by atoms with van der Waals surface area (Å²) in [4.78, 5) is 0. The molecule has 0 amide bonds. The second kappa shape index (κ2) is 5.61. The second-order valence-electron chi connectivity index (χ2n) is 4.99. The van der Waals surface area contributed by atoms with Crippen LogP contribution in [0.15, 0.2) is 6.07 Å². The van der Waals surface area contributed by atoms with Crippen molar-refractivity contribution < 1.29 is 4.43 Å². The molecule has 0 aliphatic rings. The largest absolute Gasteiger partial charge is 0.416 e. The minimum Gasteiger partial charge on any atom is -0.416 e. The van der Waals surface area contributed by atoms with E-state index in [1.54, 1.807) is 0 Å². The lowest BCUT2D eigenvalue weighted by atomic mass is 10.3. The van der Waals surface area contributed by atoms with Gasteiger partial charge in [-0.25, -0.2) is 0 Å². The van der Waals surface area contributed by atoms with E-state index in [2.05, 4.69) is 36.1 Å². The lowest BCUT2D eigenvalue weighted by molar-refractivity contribution is 0.282. The van der Waals surface area contributed by atoms with E-state index in [0.717, 1.165) is 25.4 Å². The SMILES string of the molecule is CNCc1cc(C)nn1CCO[Si](C)(C)C. The molecule has 1 N–H and O–H groups in total. The van der Waals surface area contributed by atoms with Crippen LogP contribution in [0.3, 0.4) is 0 Å². The first kappa shape index (κ1) is 13.4. The van der Waals surface area contributed by atoms with Gasteiger partial charge in [0, 0.05) is 6.54 Å². The molecule has 0 unspecified atom stereocenters. The zero-order chi connectivity index (χ0) is 12.2. The molecule has 1 aromatic rings. The van der Waals surface area contributed by atoms with Gasteiger partial charge in [0.2, 0.25) is 0 Å². The van der Waals surface area contributed by atoms with Gasteiger partial charge in [0.15, 0.2) is 8.32 Å². The first-order valence-electron chi connectivity index (χ1n) is 5.74. The van der Waals surface area contributed by atoms with Crippen LogP contribution >= 0.6 is 0 Å². The van der Waals surface area contributed by atoms with Crippen molar-refractivity contribution in [2.24, 2.45) is 0 Å². The Kier molecular flexibility index (Phi) is 4.70. The Labute approximate surface area is 99.1 Å². The molecule has 1 heterocycles. The minimum atomic E-state index is -1.40. The van der Waals surface area contributed by atoms with Gasteiger partial charge < -0.3 is 9.74 Å². The number of aromatic nitrogens is 2. The van der Waals surface area contributed by atoms with E-state index in [-0.39, 0.29) is 0 Å². The van der Waals surface area contributed by atoms with Crippen LogP contribution in [0.1, 0.15) is 11.4 Å². The Bertz CT molecular complexity index is 330. The molecule has 92 valence electrons. The summed E-state index contributed by atoms with van der Waals surface area (Å²) in [6.07, 6.45) is 0. The second-order valence-corrected chi connectivity index (χ2v) is 9.50. The summed E-state index contributed by atoms with van der Waals surface area (Å²) in [6, 6.07) is 2.12. The van der Waals surface area contributed by atoms with Crippen LogP contribution in [-0.4, -0.2) is 31.8 Å². The average Bonchev–Trinajstić information content (AvgIpc) is 2.45. The van der Waals surface area contributed by atoms with Crippen LogP contribution in [0.25, 0.3) is 0 Å². The molecule has 5 heteroatoms. The van der Waals surface area contributed by atoms with Crippen molar-refractivity contribution in [2.45, 2.75) is 39.7 Å². The van der Waals surface area contributed by atoms with Crippen molar-refractivity contribution in [1.82, 2.24) is 15.1 Å². The predicted molar refractivity (Wildman–Crippen MR) is 69.0 cm³/mol. The molecule has 0 saturated heterocycles. The summed E-state index contributed by atoms with van der Waals surface area (Å²) in [7, 11) is 0.553. The molecule has 0 bridgehead atoms. The van der Waals surface area contributed by atoms with Gasteiger partial charge in [-0.2, -0.15) is 5.10 Å². The maximum Gasteiger partial charge on any atom is 0.183 e. The van der Waals surface area contributed by atoms with Gasteiger partial charge in [-0.3, -0.25) is 4.68 Å². The van der Waals surface area contributed by atoms with Gasteiger partial charge in [0.05, 0.1) is 24.5 Å². The van der Waals surface area contributed by atoms with Crippen LogP contribution in [0, 0.1) is 6.92 Å². The highest BCUT2D eigenvalue weighted by atomic mass is 28.4. The summed E-state index contributed by atoms with van der Waals surface area (Å²) < 4.78 is 7.87. The van der Waals surface area contributed by atoms with Crippen LogP contribution < -0.4 is 5.32 Å². The average molecular weight is 241 g/mol. The highest BCUT2D eigenvalue weighted by Crippen LogP contribution is 2.06. The zero-order valence-corrected chi connectivity index (χ0v) is 12.0. The highest BCUT2D eigenvalue weighted by Gasteiger charge is 2.14. The summed E-state index contributed by atoms with van der Waals surface area (Å²) >= 11 is 0. The van der Waals surface area contributed by atoms with Crippen molar-refractivity contribution in [2.75, 3.05) is 13.7 Å². The molecule has 16 heavy (non-hydrogen) atoms. The fourth-order valence-corrected chi connectivity index (χ4v) is 2.26. The van der Waals surface area contributed by atoms with Crippen molar-refractivity contribution in [3.05, 3.63) is 17.5 Å². The maximum atomic E-state index is 5.83. The number of aryl methyl sites for hydroxylation is 1. The Morgan fingerprint density at radius 2 is 2.12 bits per heavy atom. The van der Waals surface area contributed by atoms with Gasteiger partial charge in [-0.1, -0.05) is 0 Å². The van der Waals surface area contributed by atoms with Gasteiger partial charge in [-0.05, 0) is 39.7 Å². The molecular formula is C11H23N3OSi. The van der Waals surface area contributed by atoms with Gasteiger partial charge in [0.1, 0.15) is 0 Å². The molecule has 0 aromatic carbocycles. The number of nitrogens with zero attached hydrogens (tertiary/aromatic N) is 2. The molecule has 1 rings (SSSR count). The van der Waals surface area contributed by atoms with Crippen molar-refractivity contribution in [3.63, 3.8) is 0 Å². The van der Waals surface area contributed by atoms with Crippen molar-refractivity contribution in [3.8, 4) is 0 Å². The van der Waals surface area contributed by atoms with Gasteiger partial charge >= 0.3 is 0 Å². The third kappa shape index (κ3) is 4.47. The topological polar surface area (TPSA) is 39.1 Å². The third-order valence-electron chi connectivity index (χ3n) is 2.18. The lowest BCUT2D eigenvalue weighted by Gasteiger charge is -2.17. The minimum absolute atomic E-state index is 0.757. The Hall–Kier alpha value is -0.653. The van der Waals surface area contributed by atoms with E-state index >= 15 is 0 Å². The van der Waals surface area contributed by atoms with E-state index in [9.17, 15) is 0 Å². The van der Waals surface area contributed by atoms with Crippen LogP contribution in [0.2, 0.25) is 19.6 Å². The molecule has 0 atom stereocenters. The number of hydrogen-bond acceptors (Lipinski definition) is 3. The molecule has 0 saturated carbocycles. The summed E-state index contributed by atoms with van der Waals surface area (Å²) in [5.41, 5.74) is 2.29. The first-order valence-corrected chi connectivity index (χ1v) is 9.15. The van der Waals surface area contributed by atoms with E-state index in [0.29, 0.717) is 0 Å². The molecule has 0 fully saturated rings. The molecule has 0 spiro atoms. The monoisotopic (exact) mass is 241 g/mol. The summed E-state index contributed by atoms with van der Waals surface area (Å²) in [5.74, 6) is 0. The summed E-state index contributed by atoms with van der Waals surface area (Å²) in [6.45, 7) is 11.1. The van der Waals surface area contributed by atoms with E-state index in [4.69, 9.17) is 4.43 Å². The van der Waals surface area contributed by atoms with Crippen LogP contribution in [-0.2, 0) is 17.5 Å². The van der Waals surface area contributed by atoms with Crippen molar-refractivity contribution >= 4 is 8.32 Å². The Balaban J connectivity index is 2.52. The third-order valence-corrected chi connectivity index (χ3v) is 3.25. The maximum absolute atomic E-state index is 5.83. The first-order chi connectivity index (χ1) is 7.42. The standard InChI is InChI=1S/C11H23N3OSi/c1-10-8-11(9-12-2)14(13-10)6-7-15-16(3,4)5/h8,12H,6-7,9H2,1-5H3. The van der Waals surface area contributed by atoms with E-state index in [1.807, 2.05) is 18.7 Å². The molecule has 1 aromatic heterocycles. The molecule has 0 aliphatic heterocycles. The fourth-order valence-electron chi connectivity index (χ4n) is 1.55. The Morgan fingerprint density at radius 3 is 2.69 bits per heavy atom. The predicted octanol–water partition coefficient (Wildman–Crippen LogP) is 1.76. The molecule has 0 aliphatic carbocycles. The van der Waals surface area contributed by atoms with E-state index in [1.165, 1.54) is 5.69 Å². The van der Waals surface area contributed by atoms with Gasteiger partial charge in [0.25, 0.3) is 0 Å². The fraction of sp³-hybridized carbons (Fsp3) is 0.727. The number of hydrogen-bond donors (Lipinski definition) is 1. The smallest absolute Gasteiger partial charge is 0.183 e. The normalized spacial score (nSPS) is 12.1. The van der Waals surface area contributed by atoms with Crippen molar-refractivity contribution in [1.29, 1.82) is 0 Å². The molecule has 0 radical (unpaired) electrons. The molecular weight excluding hydrogens is 218 g/mol. The summed E-state index contributed by atoms with van der Waals surface area (Å²) in [5, 5.41) is 7.61. The Morgan fingerprint density at radius 1 is 1.44 bits per heavy atom. The zero-order valence-electron chi connectivity index (χ0n) is 11.0. The lowest BCUT2D eigenvalue weighted by Crippen LogP contribution is -2.28. The van der Waals surface area contributed by atoms with Gasteiger partial charge in [-0.15, -0.1) is 0 Å². The highest BCUT2D eigenvalue weighted by molar-refractivity contribution is 6.69. The quantitative estimate of drug-likeness (QED) is 0.771.